The SMILES string of the molecule is COc1ccc(F)c(NC(C)(CN)CC2CCC2)c1. The first-order valence-corrected chi connectivity index (χ1v) is 6.88. The van der Waals surface area contributed by atoms with Crippen LogP contribution < -0.4 is 15.8 Å². The van der Waals surface area contributed by atoms with E-state index in [1.165, 1.54) is 25.3 Å². The largest absolute Gasteiger partial charge is 0.497 e. The molecule has 0 bridgehead atoms. The summed E-state index contributed by atoms with van der Waals surface area (Å²) in [5.74, 6) is 1.09. The average Bonchev–Trinajstić information content (AvgIpc) is 2.37. The number of methoxy groups -OCH3 is 1. The van der Waals surface area contributed by atoms with Crippen LogP contribution in [0, 0.1) is 11.7 Å². The number of benzene rings is 1. The van der Waals surface area contributed by atoms with Gasteiger partial charge in [-0.15, -0.1) is 0 Å². The molecule has 1 aliphatic rings. The maximum atomic E-state index is 13.8. The van der Waals surface area contributed by atoms with Crippen molar-refractivity contribution in [3.05, 3.63) is 24.0 Å². The van der Waals surface area contributed by atoms with E-state index in [9.17, 15) is 4.39 Å². The molecule has 1 saturated carbocycles. The molecule has 0 amide bonds. The van der Waals surface area contributed by atoms with Crippen molar-refractivity contribution in [2.24, 2.45) is 11.7 Å². The second-order valence-electron chi connectivity index (χ2n) is 5.74. The van der Waals surface area contributed by atoms with Gasteiger partial charge in [0.15, 0.2) is 0 Å². The van der Waals surface area contributed by atoms with Crippen molar-refractivity contribution in [1.82, 2.24) is 0 Å². The van der Waals surface area contributed by atoms with E-state index >= 15 is 0 Å². The van der Waals surface area contributed by atoms with Gasteiger partial charge in [0, 0.05) is 18.2 Å². The highest BCUT2D eigenvalue weighted by atomic mass is 19.1. The standard InChI is InChI=1S/C15H23FN2O/c1-15(10-17,9-11-4-3-5-11)18-14-8-12(19-2)6-7-13(14)16/h6-8,11,18H,3-5,9-10,17H2,1-2H3. The van der Waals surface area contributed by atoms with Crippen LogP contribution in [0.15, 0.2) is 18.2 Å². The van der Waals surface area contributed by atoms with Gasteiger partial charge in [-0.25, -0.2) is 4.39 Å². The molecule has 1 aliphatic carbocycles. The summed E-state index contributed by atoms with van der Waals surface area (Å²) >= 11 is 0. The first kappa shape index (κ1) is 14.1. The van der Waals surface area contributed by atoms with Gasteiger partial charge >= 0.3 is 0 Å². The van der Waals surface area contributed by atoms with Crippen LogP contribution in [0.4, 0.5) is 10.1 Å². The third kappa shape index (κ3) is 3.38. The monoisotopic (exact) mass is 266 g/mol. The molecule has 3 nitrogen and oxygen atoms in total. The predicted molar refractivity (Wildman–Crippen MR) is 76.0 cm³/mol. The zero-order valence-electron chi connectivity index (χ0n) is 11.7. The van der Waals surface area contributed by atoms with Gasteiger partial charge in [-0.1, -0.05) is 19.3 Å². The van der Waals surface area contributed by atoms with Crippen LogP contribution in [0.3, 0.4) is 0 Å². The Morgan fingerprint density at radius 1 is 1.47 bits per heavy atom. The molecule has 0 heterocycles. The highest BCUT2D eigenvalue weighted by Gasteiger charge is 2.30. The minimum atomic E-state index is -0.269. The summed E-state index contributed by atoms with van der Waals surface area (Å²) in [5.41, 5.74) is 6.09. The Balaban J connectivity index is 2.11. The lowest BCUT2D eigenvalue weighted by molar-refractivity contribution is 0.248. The number of anilines is 1. The number of rotatable bonds is 6. The predicted octanol–water partition coefficient (Wildman–Crippen LogP) is 3.15. The van der Waals surface area contributed by atoms with Crippen LogP contribution >= 0.6 is 0 Å². The van der Waals surface area contributed by atoms with Gasteiger partial charge in [0.05, 0.1) is 12.8 Å². The molecule has 1 aromatic rings. The fraction of sp³-hybridized carbons (Fsp3) is 0.600. The molecule has 1 fully saturated rings. The van der Waals surface area contributed by atoms with Crippen molar-refractivity contribution in [2.45, 2.75) is 38.1 Å². The Morgan fingerprint density at radius 3 is 2.74 bits per heavy atom. The molecule has 1 atom stereocenters. The van der Waals surface area contributed by atoms with E-state index in [1.54, 1.807) is 19.2 Å². The molecule has 0 radical (unpaired) electrons. The molecule has 0 saturated heterocycles. The molecule has 106 valence electrons. The summed E-state index contributed by atoms with van der Waals surface area (Å²) in [6.07, 6.45) is 4.81. The minimum Gasteiger partial charge on any atom is -0.497 e. The number of hydrogen-bond acceptors (Lipinski definition) is 3. The van der Waals surface area contributed by atoms with Crippen LogP contribution in [0.2, 0.25) is 0 Å². The van der Waals surface area contributed by atoms with Crippen molar-refractivity contribution in [3.8, 4) is 5.75 Å². The van der Waals surface area contributed by atoms with Crippen molar-refractivity contribution in [3.63, 3.8) is 0 Å². The van der Waals surface area contributed by atoms with Crippen LogP contribution in [-0.2, 0) is 0 Å². The summed E-state index contributed by atoms with van der Waals surface area (Å²) < 4.78 is 19.0. The highest BCUT2D eigenvalue weighted by Crippen LogP contribution is 2.35. The molecule has 1 unspecified atom stereocenters. The second kappa shape index (κ2) is 5.78. The van der Waals surface area contributed by atoms with Gasteiger partial charge in [0.1, 0.15) is 11.6 Å². The Kier molecular flexibility index (Phi) is 4.30. The average molecular weight is 266 g/mol. The summed E-state index contributed by atoms with van der Waals surface area (Å²) in [7, 11) is 1.58. The number of halogens is 1. The van der Waals surface area contributed by atoms with E-state index < -0.39 is 0 Å². The minimum absolute atomic E-state index is 0.266. The van der Waals surface area contributed by atoms with E-state index in [2.05, 4.69) is 12.2 Å². The summed E-state index contributed by atoms with van der Waals surface area (Å²) in [5, 5.41) is 3.27. The van der Waals surface area contributed by atoms with Crippen LogP contribution in [0.25, 0.3) is 0 Å². The first-order valence-electron chi connectivity index (χ1n) is 6.88. The van der Waals surface area contributed by atoms with Crippen molar-refractivity contribution in [2.75, 3.05) is 19.0 Å². The molecular weight excluding hydrogens is 243 g/mol. The van der Waals surface area contributed by atoms with Gasteiger partial charge in [-0.3, -0.25) is 0 Å². The number of nitrogens with one attached hydrogen (secondary N) is 1. The molecule has 0 aromatic heterocycles. The zero-order chi connectivity index (χ0) is 13.9. The lowest BCUT2D eigenvalue weighted by Gasteiger charge is -2.37. The second-order valence-corrected chi connectivity index (χ2v) is 5.74. The summed E-state index contributed by atoms with van der Waals surface area (Å²) in [6.45, 7) is 2.55. The fourth-order valence-electron chi connectivity index (χ4n) is 2.57. The lowest BCUT2D eigenvalue weighted by Crippen LogP contribution is -2.45. The number of nitrogens with two attached hydrogens (primary N) is 1. The van der Waals surface area contributed by atoms with Gasteiger partial charge in [-0.05, 0) is 31.4 Å². The molecule has 1 aromatic carbocycles. The van der Waals surface area contributed by atoms with Gasteiger partial charge in [-0.2, -0.15) is 0 Å². The Morgan fingerprint density at radius 2 is 2.21 bits per heavy atom. The summed E-state index contributed by atoms with van der Waals surface area (Å²) in [4.78, 5) is 0. The molecular formula is C15H23FN2O. The summed E-state index contributed by atoms with van der Waals surface area (Å²) in [6, 6.07) is 4.72. The normalized spacial score (nSPS) is 18.5. The van der Waals surface area contributed by atoms with Crippen molar-refractivity contribution < 1.29 is 9.13 Å². The molecule has 19 heavy (non-hydrogen) atoms. The Labute approximate surface area is 114 Å². The molecule has 2 rings (SSSR count). The van der Waals surface area contributed by atoms with Crippen molar-refractivity contribution in [1.29, 1.82) is 0 Å². The maximum Gasteiger partial charge on any atom is 0.146 e. The lowest BCUT2D eigenvalue weighted by atomic mass is 9.76. The van der Waals surface area contributed by atoms with E-state index in [0.29, 0.717) is 18.0 Å². The van der Waals surface area contributed by atoms with Crippen LogP contribution in [0.1, 0.15) is 32.6 Å². The van der Waals surface area contributed by atoms with Gasteiger partial charge < -0.3 is 15.8 Å². The van der Waals surface area contributed by atoms with E-state index in [1.807, 2.05) is 0 Å². The molecule has 4 heteroatoms. The third-order valence-electron chi connectivity index (χ3n) is 4.02. The first-order chi connectivity index (χ1) is 9.06. The number of hydrogen-bond donors (Lipinski definition) is 2. The van der Waals surface area contributed by atoms with E-state index in [0.717, 1.165) is 12.3 Å². The Bertz CT molecular complexity index is 434. The third-order valence-corrected chi connectivity index (χ3v) is 4.02. The quantitative estimate of drug-likeness (QED) is 0.831. The van der Waals surface area contributed by atoms with E-state index in [-0.39, 0.29) is 11.4 Å². The van der Waals surface area contributed by atoms with Gasteiger partial charge in [0.2, 0.25) is 0 Å². The topological polar surface area (TPSA) is 47.3 Å². The molecule has 3 N–H and O–H groups in total. The molecule has 0 aliphatic heterocycles. The highest BCUT2D eigenvalue weighted by molar-refractivity contribution is 5.51. The van der Waals surface area contributed by atoms with E-state index in [4.69, 9.17) is 10.5 Å². The Hall–Kier alpha value is -1.29. The zero-order valence-corrected chi connectivity index (χ0v) is 11.7. The fourth-order valence-corrected chi connectivity index (χ4v) is 2.57. The smallest absolute Gasteiger partial charge is 0.146 e. The van der Waals surface area contributed by atoms with Crippen LogP contribution in [-0.4, -0.2) is 19.2 Å². The maximum absolute atomic E-state index is 13.8. The van der Waals surface area contributed by atoms with Crippen molar-refractivity contribution >= 4 is 5.69 Å². The number of ether oxygens (including phenoxy) is 1. The molecule has 0 spiro atoms. The van der Waals surface area contributed by atoms with Gasteiger partial charge in [0.25, 0.3) is 0 Å². The van der Waals surface area contributed by atoms with Crippen LogP contribution in [0.5, 0.6) is 5.75 Å².